The second-order valence-electron chi connectivity index (χ2n) is 6.65. The number of aryl methyl sites for hydroxylation is 1. The minimum Gasteiger partial charge on any atom is -0.308 e. The minimum atomic E-state index is -0.0928. The number of hydrogen-bond donors (Lipinski definition) is 0. The van der Waals surface area contributed by atoms with Crippen molar-refractivity contribution >= 4 is 11.8 Å². The molecule has 0 unspecified atom stereocenters. The average molecular weight is 343 g/mol. The molecule has 0 fully saturated rings. The summed E-state index contributed by atoms with van der Waals surface area (Å²) in [7, 11) is 4.07. The van der Waals surface area contributed by atoms with Crippen molar-refractivity contribution in [1.29, 1.82) is 0 Å². The number of hydrogen-bond acceptors (Lipinski definition) is 4. The van der Waals surface area contributed by atoms with E-state index in [-0.39, 0.29) is 5.69 Å². The average Bonchev–Trinajstić information content (AvgIpc) is 3.02. The Morgan fingerprint density at radius 3 is 2.79 bits per heavy atom. The van der Waals surface area contributed by atoms with E-state index < -0.39 is 0 Å². The van der Waals surface area contributed by atoms with Gasteiger partial charge in [-0.3, -0.25) is 4.57 Å². The smallest absolute Gasteiger partial charge is 0.308 e. The fourth-order valence-corrected chi connectivity index (χ4v) is 4.31. The topological polar surface area (TPSA) is 38.1 Å². The van der Waals surface area contributed by atoms with Gasteiger partial charge >= 0.3 is 5.69 Å². The summed E-state index contributed by atoms with van der Waals surface area (Å²) in [5, 5.41) is 0.942. The lowest BCUT2D eigenvalue weighted by molar-refractivity contribution is 0.375. The van der Waals surface area contributed by atoms with E-state index >= 15 is 0 Å². The van der Waals surface area contributed by atoms with Gasteiger partial charge in [-0.2, -0.15) is 4.98 Å². The van der Waals surface area contributed by atoms with Crippen LogP contribution in [0.25, 0.3) is 0 Å². The molecular formula is C19H25N3OS. The van der Waals surface area contributed by atoms with E-state index in [0.717, 1.165) is 43.1 Å². The lowest BCUT2D eigenvalue weighted by Crippen LogP contribution is -2.31. The van der Waals surface area contributed by atoms with Gasteiger partial charge in [-0.1, -0.05) is 24.3 Å². The Balaban J connectivity index is 1.85. The molecule has 0 aliphatic heterocycles. The maximum absolute atomic E-state index is 12.5. The number of fused-ring (bicyclic) bond motifs is 1. The van der Waals surface area contributed by atoms with E-state index in [4.69, 9.17) is 0 Å². The Morgan fingerprint density at radius 2 is 2.04 bits per heavy atom. The zero-order chi connectivity index (χ0) is 17.1. The van der Waals surface area contributed by atoms with Gasteiger partial charge < -0.3 is 4.90 Å². The highest BCUT2D eigenvalue weighted by Gasteiger charge is 2.22. The minimum absolute atomic E-state index is 0.0928. The summed E-state index contributed by atoms with van der Waals surface area (Å²) < 4.78 is 1.89. The van der Waals surface area contributed by atoms with Gasteiger partial charge in [0, 0.05) is 30.1 Å². The third kappa shape index (κ3) is 3.73. The van der Waals surface area contributed by atoms with Crippen molar-refractivity contribution in [3.8, 4) is 0 Å². The SMILES string of the molecule is Cc1ccccc1CSc1nc(=O)n(CCN(C)C)c2c1CCC2. The van der Waals surface area contributed by atoms with Crippen molar-refractivity contribution < 1.29 is 0 Å². The van der Waals surface area contributed by atoms with E-state index in [1.54, 1.807) is 11.8 Å². The van der Waals surface area contributed by atoms with Crippen LogP contribution in [0.4, 0.5) is 0 Å². The summed E-state index contributed by atoms with van der Waals surface area (Å²) >= 11 is 1.71. The molecule has 128 valence electrons. The first-order valence-corrected chi connectivity index (χ1v) is 9.49. The largest absolute Gasteiger partial charge is 0.348 e. The van der Waals surface area contributed by atoms with Gasteiger partial charge in [0.05, 0.1) is 0 Å². The molecule has 0 saturated heterocycles. The monoisotopic (exact) mass is 343 g/mol. The van der Waals surface area contributed by atoms with Gasteiger partial charge in [0.1, 0.15) is 5.03 Å². The third-order valence-corrected chi connectivity index (χ3v) is 5.66. The summed E-state index contributed by atoms with van der Waals surface area (Å²) in [6, 6.07) is 8.42. The Labute approximate surface area is 147 Å². The molecule has 0 bridgehead atoms. The second kappa shape index (κ2) is 7.53. The predicted molar refractivity (Wildman–Crippen MR) is 99.8 cm³/mol. The maximum atomic E-state index is 12.5. The number of aromatic nitrogens is 2. The summed E-state index contributed by atoms with van der Waals surface area (Å²) in [5.74, 6) is 0.868. The number of thioether (sulfide) groups is 1. The first kappa shape index (κ1) is 17.2. The van der Waals surface area contributed by atoms with E-state index in [1.807, 2.05) is 18.7 Å². The van der Waals surface area contributed by atoms with Gasteiger partial charge in [-0.15, -0.1) is 11.8 Å². The molecule has 1 aliphatic rings. The van der Waals surface area contributed by atoms with Crippen LogP contribution in [0, 0.1) is 6.92 Å². The van der Waals surface area contributed by atoms with Crippen molar-refractivity contribution in [1.82, 2.24) is 14.5 Å². The molecule has 3 rings (SSSR count). The van der Waals surface area contributed by atoms with Crippen LogP contribution in [0.5, 0.6) is 0 Å². The van der Waals surface area contributed by atoms with Crippen LogP contribution in [0.1, 0.15) is 28.8 Å². The quantitative estimate of drug-likeness (QED) is 0.597. The standard InChI is InChI=1S/C19H25N3OS/c1-14-7-4-5-8-15(14)13-24-18-16-9-6-10-17(16)22(19(23)20-18)12-11-21(2)3/h4-5,7-8H,6,9-13H2,1-3H3. The molecule has 1 aromatic carbocycles. The number of nitrogens with zero attached hydrogens (tertiary/aromatic N) is 3. The van der Waals surface area contributed by atoms with Crippen molar-refractivity contribution in [3.05, 3.63) is 57.1 Å². The van der Waals surface area contributed by atoms with Gasteiger partial charge in [0.2, 0.25) is 0 Å². The fraction of sp³-hybridized carbons (Fsp3) is 0.474. The van der Waals surface area contributed by atoms with E-state index in [1.165, 1.54) is 22.4 Å². The molecule has 1 heterocycles. The molecule has 5 heteroatoms. The van der Waals surface area contributed by atoms with Gasteiger partial charge in [-0.05, 0) is 51.4 Å². The van der Waals surface area contributed by atoms with Crippen LogP contribution in [0.15, 0.2) is 34.1 Å². The third-order valence-electron chi connectivity index (χ3n) is 4.60. The van der Waals surface area contributed by atoms with Crippen LogP contribution in [0.3, 0.4) is 0 Å². The highest BCUT2D eigenvalue weighted by molar-refractivity contribution is 7.98. The molecule has 0 N–H and O–H groups in total. The fourth-order valence-electron chi connectivity index (χ4n) is 3.15. The Bertz CT molecular complexity index is 783. The van der Waals surface area contributed by atoms with E-state index in [9.17, 15) is 4.79 Å². The summed E-state index contributed by atoms with van der Waals surface area (Å²) in [6.45, 7) is 3.72. The van der Waals surface area contributed by atoms with Crippen LogP contribution in [0.2, 0.25) is 0 Å². The molecule has 0 spiro atoms. The molecule has 0 radical (unpaired) electrons. The lowest BCUT2D eigenvalue weighted by atomic mass is 10.1. The zero-order valence-electron chi connectivity index (χ0n) is 14.7. The molecule has 0 atom stereocenters. The molecule has 1 aliphatic carbocycles. The normalized spacial score (nSPS) is 13.5. The summed E-state index contributed by atoms with van der Waals surface area (Å²) in [5.41, 5.74) is 5.02. The zero-order valence-corrected chi connectivity index (χ0v) is 15.5. The highest BCUT2D eigenvalue weighted by Crippen LogP contribution is 2.31. The van der Waals surface area contributed by atoms with Crippen molar-refractivity contribution in [2.45, 2.75) is 43.5 Å². The number of likely N-dealkylation sites (N-methyl/N-ethyl adjacent to an activating group) is 1. The Hall–Kier alpha value is -1.59. The second-order valence-corrected chi connectivity index (χ2v) is 7.61. The van der Waals surface area contributed by atoms with Gasteiger partial charge in [0.25, 0.3) is 0 Å². The molecule has 0 amide bonds. The first-order valence-electron chi connectivity index (χ1n) is 8.51. The molecule has 0 saturated carbocycles. The van der Waals surface area contributed by atoms with Crippen molar-refractivity contribution in [3.63, 3.8) is 0 Å². The molecule has 2 aromatic rings. The van der Waals surface area contributed by atoms with Crippen LogP contribution >= 0.6 is 11.8 Å². The summed E-state index contributed by atoms with van der Waals surface area (Å²) in [6.07, 6.45) is 3.17. The first-order chi connectivity index (χ1) is 11.6. The lowest BCUT2D eigenvalue weighted by Gasteiger charge is -2.16. The van der Waals surface area contributed by atoms with Crippen LogP contribution in [-0.4, -0.2) is 35.1 Å². The van der Waals surface area contributed by atoms with Crippen molar-refractivity contribution in [2.75, 3.05) is 20.6 Å². The Morgan fingerprint density at radius 1 is 1.25 bits per heavy atom. The molecule has 4 nitrogen and oxygen atoms in total. The van der Waals surface area contributed by atoms with Crippen LogP contribution in [-0.2, 0) is 25.1 Å². The van der Waals surface area contributed by atoms with E-state index in [0.29, 0.717) is 0 Å². The van der Waals surface area contributed by atoms with Gasteiger partial charge in [0.15, 0.2) is 0 Å². The molecule has 1 aromatic heterocycles. The van der Waals surface area contributed by atoms with E-state index in [2.05, 4.69) is 41.1 Å². The van der Waals surface area contributed by atoms with Crippen LogP contribution < -0.4 is 5.69 Å². The highest BCUT2D eigenvalue weighted by atomic mass is 32.2. The maximum Gasteiger partial charge on any atom is 0.348 e. The predicted octanol–water partition coefficient (Wildman–Crippen LogP) is 2.89. The molecular weight excluding hydrogens is 318 g/mol. The number of benzene rings is 1. The van der Waals surface area contributed by atoms with Crippen molar-refractivity contribution in [2.24, 2.45) is 0 Å². The number of rotatable bonds is 6. The summed E-state index contributed by atoms with van der Waals surface area (Å²) in [4.78, 5) is 19.0. The Kier molecular flexibility index (Phi) is 5.41. The molecule has 24 heavy (non-hydrogen) atoms. The van der Waals surface area contributed by atoms with Gasteiger partial charge in [-0.25, -0.2) is 4.79 Å².